The Morgan fingerprint density at radius 3 is 2.26 bits per heavy atom. The van der Waals surface area contributed by atoms with E-state index >= 15 is 0 Å². The Bertz CT molecular complexity index is 731. The predicted molar refractivity (Wildman–Crippen MR) is 107 cm³/mol. The third kappa shape index (κ3) is 4.79. The van der Waals surface area contributed by atoms with Crippen molar-refractivity contribution in [2.75, 3.05) is 0 Å². The van der Waals surface area contributed by atoms with Gasteiger partial charge in [-0.05, 0) is 47.6 Å². The molecular weight excluding hydrogens is 435 g/mol. The van der Waals surface area contributed by atoms with E-state index in [1.165, 1.54) is 35.0 Å². The first-order valence-electron chi connectivity index (χ1n) is 7.92. The van der Waals surface area contributed by atoms with Crippen molar-refractivity contribution >= 4 is 45.3 Å². The monoisotopic (exact) mass is 454 g/mol. The minimum Gasteiger partial charge on any atom is -0.192 e. The quantitative estimate of drug-likeness (QED) is 0.328. The van der Waals surface area contributed by atoms with Crippen LogP contribution in [0.25, 0.3) is 9.75 Å². The summed E-state index contributed by atoms with van der Waals surface area (Å²) >= 11 is 5.60. The van der Waals surface area contributed by atoms with E-state index in [0.29, 0.717) is 11.1 Å². The van der Waals surface area contributed by atoms with Crippen LogP contribution >= 0.6 is 45.3 Å². The first-order valence-corrected chi connectivity index (χ1v) is 10.6. The van der Waals surface area contributed by atoms with Crippen LogP contribution in [-0.4, -0.2) is 0 Å². The van der Waals surface area contributed by atoms with Crippen molar-refractivity contribution in [2.24, 2.45) is 0 Å². The molecule has 2 heterocycles. The summed E-state index contributed by atoms with van der Waals surface area (Å²) in [6, 6.07) is 8.62. The molecule has 5 heteroatoms. The highest BCUT2D eigenvalue weighted by atomic mass is 127. The van der Waals surface area contributed by atoms with Crippen molar-refractivity contribution in [3.05, 3.63) is 31.0 Å². The van der Waals surface area contributed by atoms with E-state index in [9.17, 15) is 10.5 Å². The Balaban J connectivity index is 2.13. The second kappa shape index (κ2) is 9.42. The van der Waals surface area contributed by atoms with Crippen molar-refractivity contribution in [1.29, 1.82) is 10.5 Å². The van der Waals surface area contributed by atoms with Crippen LogP contribution in [-0.2, 0) is 6.42 Å². The minimum absolute atomic E-state index is 0.566. The number of halogens is 1. The molecule has 0 saturated carbocycles. The molecule has 0 spiro atoms. The smallest absolute Gasteiger partial charge is 0.102 e. The summed E-state index contributed by atoms with van der Waals surface area (Å²) in [5, 5.41) is 19.0. The van der Waals surface area contributed by atoms with Gasteiger partial charge < -0.3 is 0 Å². The summed E-state index contributed by atoms with van der Waals surface area (Å²) in [4.78, 5) is 3.15. The molecular formula is C18H19IN2S2. The third-order valence-corrected chi connectivity index (χ3v) is 7.08. The van der Waals surface area contributed by atoms with Gasteiger partial charge in [-0.3, -0.25) is 0 Å². The van der Waals surface area contributed by atoms with Crippen LogP contribution in [0.3, 0.4) is 0 Å². The molecule has 0 aliphatic carbocycles. The molecule has 0 N–H and O–H groups in total. The Kier molecular flexibility index (Phi) is 7.55. The maximum absolute atomic E-state index is 9.49. The van der Waals surface area contributed by atoms with Crippen molar-refractivity contribution in [3.8, 4) is 21.9 Å². The molecule has 0 aromatic carbocycles. The van der Waals surface area contributed by atoms with Gasteiger partial charge in [0.15, 0.2) is 0 Å². The van der Waals surface area contributed by atoms with E-state index in [1.54, 1.807) is 22.7 Å². The molecule has 0 fully saturated rings. The van der Waals surface area contributed by atoms with Crippen molar-refractivity contribution in [3.63, 3.8) is 0 Å². The van der Waals surface area contributed by atoms with Crippen LogP contribution in [0.15, 0.2) is 12.1 Å². The lowest BCUT2D eigenvalue weighted by Gasteiger charge is -2.00. The largest absolute Gasteiger partial charge is 0.192 e. The molecule has 0 bridgehead atoms. The molecule has 120 valence electrons. The van der Waals surface area contributed by atoms with E-state index in [1.807, 2.05) is 0 Å². The fourth-order valence-corrected chi connectivity index (χ4v) is 5.53. The number of rotatable bonds is 8. The molecule has 0 aliphatic rings. The number of hydrogen-bond acceptors (Lipinski definition) is 4. The Hall–Kier alpha value is -0.890. The molecule has 2 aromatic heterocycles. The summed E-state index contributed by atoms with van der Waals surface area (Å²) in [7, 11) is 0. The van der Waals surface area contributed by atoms with Crippen LogP contribution in [0, 0.1) is 25.5 Å². The van der Waals surface area contributed by atoms with Gasteiger partial charge >= 0.3 is 0 Å². The molecule has 23 heavy (non-hydrogen) atoms. The first kappa shape index (κ1) is 18.4. The number of hydrogen-bond donors (Lipinski definition) is 0. The van der Waals surface area contributed by atoms with Gasteiger partial charge in [0.05, 0.1) is 18.9 Å². The fraction of sp³-hybridized carbons (Fsp3) is 0.444. The number of thiophene rings is 2. The summed E-state index contributed by atoms with van der Waals surface area (Å²) in [5.74, 6) is 0. The Labute approximate surface area is 159 Å². The highest BCUT2D eigenvalue weighted by Crippen LogP contribution is 2.40. The van der Waals surface area contributed by atoms with Crippen molar-refractivity contribution < 1.29 is 0 Å². The number of unbranched alkanes of at least 4 members (excludes halogenated alkanes) is 5. The molecule has 0 radical (unpaired) electrons. The van der Waals surface area contributed by atoms with Gasteiger partial charge in [0.2, 0.25) is 0 Å². The zero-order valence-electron chi connectivity index (χ0n) is 13.2. The molecule has 0 amide bonds. The van der Waals surface area contributed by atoms with E-state index in [0.717, 1.165) is 27.5 Å². The summed E-state index contributed by atoms with van der Waals surface area (Å²) in [6.07, 6.45) is 8.36. The van der Waals surface area contributed by atoms with Crippen LogP contribution in [0.2, 0.25) is 0 Å². The lowest BCUT2D eigenvalue weighted by molar-refractivity contribution is 0.609. The number of nitriles is 2. The molecule has 0 aliphatic heterocycles. The third-order valence-electron chi connectivity index (χ3n) is 3.76. The summed E-state index contributed by atoms with van der Waals surface area (Å²) < 4.78 is 1.20. The average Bonchev–Trinajstić information content (AvgIpc) is 3.13. The van der Waals surface area contributed by atoms with Crippen LogP contribution in [0.5, 0.6) is 0 Å². The van der Waals surface area contributed by atoms with Crippen molar-refractivity contribution in [2.45, 2.75) is 51.9 Å². The van der Waals surface area contributed by atoms with Gasteiger partial charge in [0.1, 0.15) is 12.1 Å². The normalized spacial score (nSPS) is 10.4. The summed E-state index contributed by atoms with van der Waals surface area (Å²) in [5.41, 5.74) is 1.17. The lowest BCUT2D eigenvalue weighted by Crippen LogP contribution is -1.87. The van der Waals surface area contributed by atoms with Crippen LogP contribution in [0.1, 0.15) is 61.5 Å². The lowest BCUT2D eigenvalue weighted by atomic mass is 10.0. The zero-order chi connectivity index (χ0) is 16.7. The van der Waals surface area contributed by atoms with Gasteiger partial charge in [-0.1, -0.05) is 39.0 Å². The Morgan fingerprint density at radius 1 is 0.957 bits per heavy atom. The van der Waals surface area contributed by atoms with Gasteiger partial charge in [-0.25, -0.2) is 0 Å². The highest BCUT2D eigenvalue weighted by molar-refractivity contribution is 14.1. The van der Waals surface area contributed by atoms with Gasteiger partial charge in [0.25, 0.3) is 0 Å². The SMILES string of the molecule is CCCCCCCCc1sc(-c2ccc(I)s2)c(C#N)c1C#N. The molecule has 0 unspecified atom stereocenters. The van der Waals surface area contributed by atoms with Gasteiger partial charge in [0, 0.05) is 9.75 Å². The van der Waals surface area contributed by atoms with E-state index in [4.69, 9.17) is 0 Å². The zero-order valence-corrected chi connectivity index (χ0v) is 17.0. The molecule has 2 nitrogen and oxygen atoms in total. The maximum Gasteiger partial charge on any atom is 0.102 e. The fourth-order valence-electron chi connectivity index (χ4n) is 2.55. The second-order valence-electron chi connectivity index (χ2n) is 5.45. The Morgan fingerprint density at radius 2 is 1.65 bits per heavy atom. The van der Waals surface area contributed by atoms with E-state index in [-0.39, 0.29) is 0 Å². The molecule has 0 atom stereocenters. The maximum atomic E-state index is 9.49. The van der Waals surface area contributed by atoms with E-state index < -0.39 is 0 Å². The minimum atomic E-state index is 0.566. The number of nitrogens with zero attached hydrogens (tertiary/aromatic N) is 2. The van der Waals surface area contributed by atoms with Crippen LogP contribution < -0.4 is 0 Å². The predicted octanol–water partition coefficient (Wildman–Crippen LogP) is 6.73. The molecule has 2 aromatic rings. The second-order valence-corrected chi connectivity index (χ2v) is 9.53. The number of aryl methyl sites for hydroxylation is 1. The first-order chi connectivity index (χ1) is 11.2. The topological polar surface area (TPSA) is 47.6 Å². The average molecular weight is 454 g/mol. The van der Waals surface area contributed by atoms with Crippen molar-refractivity contribution in [1.82, 2.24) is 0 Å². The summed E-state index contributed by atoms with van der Waals surface area (Å²) in [6.45, 7) is 2.22. The molecule has 0 saturated heterocycles. The standard InChI is InChI=1S/C18H19IN2S2/c1-2-3-4-5-6-7-8-15-13(11-20)14(12-21)18(23-15)16-9-10-17(19)22-16/h9-10H,2-8H2,1H3. The van der Waals surface area contributed by atoms with Gasteiger partial charge in [-0.15, -0.1) is 22.7 Å². The van der Waals surface area contributed by atoms with Crippen LogP contribution in [0.4, 0.5) is 0 Å². The van der Waals surface area contributed by atoms with E-state index in [2.05, 4.69) is 53.8 Å². The molecule has 2 rings (SSSR count). The highest BCUT2D eigenvalue weighted by Gasteiger charge is 2.20. The van der Waals surface area contributed by atoms with Gasteiger partial charge in [-0.2, -0.15) is 10.5 Å².